The minimum atomic E-state index is 0.726. The normalized spacial score (nSPS) is 14.6. The van der Waals surface area contributed by atoms with Crippen LogP contribution in [0.3, 0.4) is 0 Å². The average Bonchev–Trinajstić information content (AvgIpc) is 2.90. The van der Waals surface area contributed by atoms with Gasteiger partial charge in [-0.25, -0.2) is 0 Å². The molecule has 0 saturated heterocycles. The zero-order chi connectivity index (χ0) is 12.6. The maximum atomic E-state index is 5.62. The summed E-state index contributed by atoms with van der Waals surface area (Å²) in [5.74, 6) is 1.01. The molecule has 1 aliphatic rings. The third-order valence-corrected chi connectivity index (χ3v) is 3.35. The Morgan fingerprint density at radius 3 is 2.94 bits per heavy atom. The summed E-state index contributed by atoms with van der Waals surface area (Å²) in [7, 11) is 0. The summed E-state index contributed by atoms with van der Waals surface area (Å²) in [6.07, 6.45) is 7.52. The molecule has 1 aliphatic carbocycles. The first kappa shape index (κ1) is 13.2. The molecular weight excluding hydrogens is 222 g/mol. The summed E-state index contributed by atoms with van der Waals surface area (Å²) in [6.45, 7) is 4.70. The van der Waals surface area contributed by atoms with Crippen LogP contribution in [0.2, 0.25) is 0 Å². The maximum Gasteiger partial charge on any atom is 0.123 e. The van der Waals surface area contributed by atoms with E-state index in [1.165, 1.54) is 31.2 Å². The Bertz CT molecular complexity index is 398. The molecule has 2 rings (SSSR count). The molecule has 18 heavy (non-hydrogen) atoms. The van der Waals surface area contributed by atoms with Gasteiger partial charge < -0.3 is 10.1 Å². The van der Waals surface area contributed by atoms with Crippen molar-refractivity contribution in [3.05, 3.63) is 41.5 Å². The zero-order valence-electron chi connectivity index (χ0n) is 11.2. The van der Waals surface area contributed by atoms with Gasteiger partial charge in [0.2, 0.25) is 0 Å². The van der Waals surface area contributed by atoms with Crippen LogP contribution in [0.25, 0.3) is 0 Å². The Kier molecular flexibility index (Phi) is 5.28. The Hall–Kier alpha value is -1.28. The molecule has 2 heteroatoms. The van der Waals surface area contributed by atoms with Crippen molar-refractivity contribution >= 4 is 0 Å². The fourth-order valence-corrected chi connectivity index (χ4v) is 2.38. The molecule has 0 fully saturated rings. The van der Waals surface area contributed by atoms with Crippen LogP contribution in [0.5, 0.6) is 5.75 Å². The lowest BCUT2D eigenvalue weighted by Crippen LogP contribution is -2.15. The predicted octanol–water partition coefficient (Wildman–Crippen LogP) is 3.68. The summed E-state index contributed by atoms with van der Waals surface area (Å²) in [4.78, 5) is 0. The van der Waals surface area contributed by atoms with Crippen LogP contribution in [0.1, 0.15) is 38.2 Å². The highest BCUT2D eigenvalue weighted by Crippen LogP contribution is 2.20. The molecule has 0 aliphatic heterocycles. The largest absolute Gasteiger partial charge is 0.494 e. The molecule has 0 spiro atoms. The molecule has 2 nitrogen and oxygen atoms in total. The molecule has 0 heterocycles. The topological polar surface area (TPSA) is 21.3 Å². The van der Waals surface area contributed by atoms with Crippen LogP contribution < -0.4 is 10.1 Å². The summed E-state index contributed by atoms with van der Waals surface area (Å²) < 4.78 is 5.62. The van der Waals surface area contributed by atoms with Crippen molar-refractivity contribution in [2.24, 2.45) is 0 Å². The van der Waals surface area contributed by atoms with Gasteiger partial charge in [0.15, 0.2) is 0 Å². The quantitative estimate of drug-likeness (QED) is 0.584. The number of rotatable bonds is 7. The van der Waals surface area contributed by atoms with Crippen molar-refractivity contribution in [2.45, 2.75) is 39.2 Å². The number of allylic oxidation sites excluding steroid dienone is 1. The van der Waals surface area contributed by atoms with Crippen molar-refractivity contribution in [3.63, 3.8) is 0 Å². The molecule has 0 atom stereocenters. The van der Waals surface area contributed by atoms with Gasteiger partial charge in [-0.2, -0.15) is 0 Å². The summed E-state index contributed by atoms with van der Waals surface area (Å²) >= 11 is 0. The van der Waals surface area contributed by atoms with Crippen LogP contribution in [0, 0.1) is 0 Å². The Morgan fingerprint density at radius 1 is 1.28 bits per heavy atom. The molecule has 0 unspecified atom stereocenters. The van der Waals surface area contributed by atoms with Gasteiger partial charge in [0.25, 0.3) is 0 Å². The second-order valence-electron chi connectivity index (χ2n) is 4.72. The lowest BCUT2D eigenvalue weighted by Gasteiger charge is -2.11. The van der Waals surface area contributed by atoms with Crippen LogP contribution in [-0.4, -0.2) is 13.2 Å². The summed E-state index contributed by atoms with van der Waals surface area (Å²) in [5, 5.41) is 3.51. The van der Waals surface area contributed by atoms with Crippen molar-refractivity contribution in [1.29, 1.82) is 0 Å². The summed E-state index contributed by atoms with van der Waals surface area (Å²) in [5.41, 5.74) is 2.88. The lowest BCUT2D eigenvalue weighted by molar-refractivity contribution is 0.335. The molecule has 0 aromatic heterocycles. The number of hydrogen-bond donors (Lipinski definition) is 1. The van der Waals surface area contributed by atoms with Gasteiger partial charge in [0.05, 0.1) is 6.61 Å². The van der Waals surface area contributed by atoms with Crippen molar-refractivity contribution < 1.29 is 4.74 Å². The van der Waals surface area contributed by atoms with Crippen LogP contribution in [0.4, 0.5) is 0 Å². The minimum absolute atomic E-state index is 0.726. The highest BCUT2D eigenvalue weighted by Gasteiger charge is 2.04. The van der Waals surface area contributed by atoms with Crippen molar-refractivity contribution in [1.82, 2.24) is 5.32 Å². The van der Waals surface area contributed by atoms with E-state index in [2.05, 4.69) is 23.5 Å². The van der Waals surface area contributed by atoms with Gasteiger partial charge >= 0.3 is 0 Å². The van der Waals surface area contributed by atoms with Gasteiger partial charge in [-0.15, -0.1) is 0 Å². The smallest absolute Gasteiger partial charge is 0.123 e. The molecular formula is C16H23NO. The van der Waals surface area contributed by atoms with Crippen molar-refractivity contribution in [2.75, 3.05) is 13.2 Å². The molecule has 0 saturated carbocycles. The Labute approximate surface area is 110 Å². The predicted molar refractivity (Wildman–Crippen MR) is 75.9 cm³/mol. The van der Waals surface area contributed by atoms with E-state index in [1.807, 2.05) is 19.1 Å². The van der Waals surface area contributed by atoms with Crippen LogP contribution >= 0.6 is 0 Å². The standard InChI is InChI=1S/C16H23NO/c1-2-18-16-10-6-5-9-15(16)13-17-12-11-14-7-3-4-8-14/h5-7,9-10,17H,2-4,8,11-13H2,1H3. The number of benzene rings is 1. The van der Waals surface area contributed by atoms with E-state index in [9.17, 15) is 0 Å². The van der Waals surface area contributed by atoms with E-state index in [0.29, 0.717) is 0 Å². The summed E-state index contributed by atoms with van der Waals surface area (Å²) in [6, 6.07) is 8.27. The fourth-order valence-electron chi connectivity index (χ4n) is 2.38. The molecule has 0 bridgehead atoms. The van der Waals surface area contributed by atoms with Gasteiger partial charge in [0.1, 0.15) is 5.75 Å². The van der Waals surface area contributed by atoms with Gasteiger partial charge in [-0.1, -0.05) is 29.8 Å². The SMILES string of the molecule is CCOc1ccccc1CNCCC1=CCCC1. The molecule has 0 radical (unpaired) electrons. The van der Waals surface area contributed by atoms with E-state index in [1.54, 1.807) is 5.57 Å². The van der Waals surface area contributed by atoms with Gasteiger partial charge in [0, 0.05) is 12.1 Å². The van der Waals surface area contributed by atoms with E-state index < -0.39 is 0 Å². The highest BCUT2D eigenvalue weighted by molar-refractivity contribution is 5.33. The van der Waals surface area contributed by atoms with E-state index in [4.69, 9.17) is 4.74 Å². The third kappa shape index (κ3) is 3.88. The van der Waals surface area contributed by atoms with Crippen LogP contribution in [-0.2, 0) is 6.54 Å². The highest BCUT2D eigenvalue weighted by atomic mass is 16.5. The first-order chi connectivity index (χ1) is 8.90. The fraction of sp³-hybridized carbons (Fsp3) is 0.500. The van der Waals surface area contributed by atoms with Crippen LogP contribution in [0.15, 0.2) is 35.9 Å². The first-order valence-corrected chi connectivity index (χ1v) is 6.99. The van der Waals surface area contributed by atoms with Gasteiger partial charge in [-0.05, 0) is 45.2 Å². The molecule has 98 valence electrons. The minimum Gasteiger partial charge on any atom is -0.494 e. The number of para-hydroxylation sites is 1. The average molecular weight is 245 g/mol. The second-order valence-corrected chi connectivity index (χ2v) is 4.72. The first-order valence-electron chi connectivity index (χ1n) is 6.99. The molecule has 0 amide bonds. The van der Waals surface area contributed by atoms with E-state index in [-0.39, 0.29) is 0 Å². The van der Waals surface area contributed by atoms with Gasteiger partial charge in [-0.3, -0.25) is 0 Å². The zero-order valence-corrected chi connectivity index (χ0v) is 11.2. The third-order valence-electron chi connectivity index (χ3n) is 3.35. The Balaban J connectivity index is 1.75. The molecule has 1 aromatic carbocycles. The van der Waals surface area contributed by atoms with Crippen molar-refractivity contribution in [3.8, 4) is 5.75 Å². The van der Waals surface area contributed by atoms with E-state index >= 15 is 0 Å². The maximum absolute atomic E-state index is 5.62. The number of ether oxygens (including phenoxy) is 1. The van der Waals surface area contributed by atoms with E-state index in [0.717, 1.165) is 25.4 Å². The number of hydrogen-bond acceptors (Lipinski definition) is 2. The lowest BCUT2D eigenvalue weighted by atomic mass is 10.1. The molecule has 1 aromatic rings. The molecule has 1 N–H and O–H groups in total. The Morgan fingerprint density at radius 2 is 2.17 bits per heavy atom. The second kappa shape index (κ2) is 7.22. The monoisotopic (exact) mass is 245 g/mol. The number of nitrogens with one attached hydrogen (secondary N) is 1.